The highest BCUT2D eigenvalue weighted by atomic mass is 79.9. The molecule has 2 aromatic rings. The number of hydrogen-bond donors (Lipinski definition) is 3. The van der Waals surface area contributed by atoms with Crippen LogP contribution < -0.4 is 11.2 Å². The quantitative estimate of drug-likeness (QED) is 0.673. The number of halogens is 2. The SMILES string of the molecule is Cc1nc(N)nc2c1C(NO)=NC(c1ccc(F)cc1Br)C2. The molecule has 3 rings (SSSR count). The zero-order valence-corrected chi connectivity index (χ0v) is 13.2. The number of nitrogens with one attached hydrogen (secondary N) is 1. The van der Waals surface area contributed by atoms with Gasteiger partial charge in [0, 0.05) is 10.9 Å². The van der Waals surface area contributed by atoms with Gasteiger partial charge in [-0.3, -0.25) is 15.7 Å². The molecule has 0 spiro atoms. The predicted molar refractivity (Wildman–Crippen MR) is 83.2 cm³/mol. The number of hydroxylamine groups is 1. The van der Waals surface area contributed by atoms with E-state index in [2.05, 4.69) is 36.4 Å². The third-order valence-electron chi connectivity index (χ3n) is 3.52. The summed E-state index contributed by atoms with van der Waals surface area (Å²) >= 11 is 3.34. The first-order valence-electron chi connectivity index (χ1n) is 6.55. The normalized spacial score (nSPS) is 16.9. The Labute approximate surface area is 134 Å². The van der Waals surface area contributed by atoms with Crippen molar-refractivity contribution in [3.8, 4) is 0 Å². The molecule has 0 bridgehead atoms. The summed E-state index contributed by atoms with van der Waals surface area (Å²) < 4.78 is 13.9. The number of aromatic nitrogens is 2. The lowest BCUT2D eigenvalue weighted by atomic mass is 9.95. The number of hydrogen-bond acceptors (Lipinski definition) is 6. The molecule has 1 aromatic carbocycles. The highest BCUT2D eigenvalue weighted by Gasteiger charge is 2.27. The minimum absolute atomic E-state index is 0.173. The molecular formula is C14H13BrFN5O. The molecule has 1 unspecified atom stereocenters. The van der Waals surface area contributed by atoms with Gasteiger partial charge in [0.2, 0.25) is 5.95 Å². The molecule has 22 heavy (non-hydrogen) atoms. The van der Waals surface area contributed by atoms with E-state index in [0.29, 0.717) is 27.8 Å². The third-order valence-corrected chi connectivity index (χ3v) is 4.20. The van der Waals surface area contributed by atoms with Gasteiger partial charge in [0.25, 0.3) is 0 Å². The van der Waals surface area contributed by atoms with Crippen molar-refractivity contribution in [2.24, 2.45) is 4.99 Å². The third kappa shape index (κ3) is 2.55. The number of nitrogen functional groups attached to an aromatic ring is 1. The summed E-state index contributed by atoms with van der Waals surface area (Å²) in [5, 5.41) is 9.37. The van der Waals surface area contributed by atoms with Crippen LogP contribution in [0.2, 0.25) is 0 Å². The summed E-state index contributed by atoms with van der Waals surface area (Å²) in [4.78, 5) is 12.8. The molecule has 114 valence electrons. The summed E-state index contributed by atoms with van der Waals surface area (Å²) in [5.41, 5.74) is 10.6. The molecule has 6 nitrogen and oxygen atoms in total. The van der Waals surface area contributed by atoms with Crippen LogP contribution in [0.3, 0.4) is 0 Å². The lowest BCUT2D eigenvalue weighted by Crippen LogP contribution is -2.29. The Hall–Kier alpha value is -2.06. The number of fused-ring (bicyclic) bond motifs is 1. The second-order valence-electron chi connectivity index (χ2n) is 4.96. The molecule has 1 aliphatic rings. The van der Waals surface area contributed by atoms with Crippen molar-refractivity contribution in [1.82, 2.24) is 15.4 Å². The van der Waals surface area contributed by atoms with Crippen molar-refractivity contribution in [3.63, 3.8) is 0 Å². The number of aryl methyl sites for hydroxylation is 1. The monoisotopic (exact) mass is 365 g/mol. The van der Waals surface area contributed by atoms with Crippen LogP contribution in [0.25, 0.3) is 0 Å². The van der Waals surface area contributed by atoms with Gasteiger partial charge in [0.15, 0.2) is 5.84 Å². The maximum absolute atomic E-state index is 13.2. The maximum atomic E-state index is 13.2. The van der Waals surface area contributed by atoms with E-state index in [-0.39, 0.29) is 23.6 Å². The molecule has 0 saturated carbocycles. The number of rotatable bonds is 1. The minimum Gasteiger partial charge on any atom is -0.368 e. The second-order valence-corrected chi connectivity index (χ2v) is 5.82. The number of amidine groups is 1. The molecule has 2 heterocycles. The Morgan fingerprint density at radius 1 is 1.41 bits per heavy atom. The van der Waals surface area contributed by atoms with E-state index in [1.54, 1.807) is 13.0 Å². The van der Waals surface area contributed by atoms with Crippen LogP contribution >= 0.6 is 15.9 Å². The zero-order chi connectivity index (χ0) is 15.9. The van der Waals surface area contributed by atoms with E-state index in [9.17, 15) is 9.60 Å². The first-order valence-corrected chi connectivity index (χ1v) is 7.35. The fraction of sp³-hybridized carbons (Fsp3) is 0.214. The molecule has 1 aliphatic heterocycles. The van der Waals surface area contributed by atoms with Crippen LogP contribution in [-0.4, -0.2) is 21.0 Å². The van der Waals surface area contributed by atoms with E-state index in [0.717, 1.165) is 5.56 Å². The van der Waals surface area contributed by atoms with Crippen molar-refractivity contribution in [2.45, 2.75) is 19.4 Å². The molecule has 4 N–H and O–H groups in total. The molecular weight excluding hydrogens is 353 g/mol. The van der Waals surface area contributed by atoms with Crippen LogP contribution in [-0.2, 0) is 6.42 Å². The minimum atomic E-state index is -0.335. The Bertz CT molecular complexity index is 780. The number of aliphatic imine (C=N–C) groups is 1. The Balaban J connectivity index is 2.11. The molecule has 0 radical (unpaired) electrons. The molecule has 0 amide bonds. The van der Waals surface area contributed by atoms with Crippen molar-refractivity contribution in [3.05, 3.63) is 51.0 Å². The smallest absolute Gasteiger partial charge is 0.220 e. The Morgan fingerprint density at radius 2 is 2.18 bits per heavy atom. The summed E-state index contributed by atoms with van der Waals surface area (Å²) in [6, 6.07) is 4.10. The molecule has 8 heteroatoms. The number of anilines is 1. The standard InChI is InChI=1S/C14H13BrFN5O/c1-6-12-11(20-14(17)18-6)5-10(19-13(12)21-22)8-3-2-7(16)4-9(8)15/h2-4,10,22H,5H2,1H3,(H,19,21)(H2,17,18,20). The summed E-state index contributed by atoms with van der Waals surface area (Å²) in [6.07, 6.45) is 0.484. The highest BCUT2D eigenvalue weighted by molar-refractivity contribution is 9.10. The van der Waals surface area contributed by atoms with Gasteiger partial charge in [0.05, 0.1) is 23.0 Å². The average molecular weight is 366 g/mol. The van der Waals surface area contributed by atoms with E-state index in [4.69, 9.17) is 5.73 Å². The van der Waals surface area contributed by atoms with Crippen LogP contribution in [0.5, 0.6) is 0 Å². The van der Waals surface area contributed by atoms with Gasteiger partial charge in [-0.15, -0.1) is 0 Å². The Morgan fingerprint density at radius 3 is 2.86 bits per heavy atom. The van der Waals surface area contributed by atoms with E-state index in [1.807, 2.05) is 0 Å². The van der Waals surface area contributed by atoms with E-state index < -0.39 is 0 Å². The van der Waals surface area contributed by atoms with Gasteiger partial charge in [-0.2, -0.15) is 0 Å². The first kappa shape index (κ1) is 14.9. The van der Waals surface area contributed by atoms with Gasteiger partial charge < -0.3 is 5.73 Å². The number of nitrogens with two attached hydrogens (primary N) is 1. The lowest BCUT2D eigenvalue weighted by Gasteiger charge is -2.24. The average Bonchev–Trinajstić information content (AvgIpc) is 2.45. The predicted octanol–water partition coefficient (Wildman–Crippen LogP) is 2.29. The van der Waals surface area contributed by atoms with Crippen molar-refractivity contribution in [2.75, 3.05) is 5.73 Å². The van der Waals surface area contributed by atoms with Crippen LogP contribution in [0.15, 0.2) is 27.7 Å². The second kappa shape index (κ2) is 5.62. The van der Waals surface area contributed by atoms with Crippen LogP contribution in [0, 0.1) is 12.7 Å². The van der Waals surface area contributed by atoms with Gasteiger partial charge in [-0.25, -0.2) is 14.4 Å². The van der Waals surface area contributed by atoms with Crippen molar-refractivity contribution < 1.29 is 9.60 Å². The molecule has 0 fully saturated rings. The van der Waals surface area contributed by atoms with E-state index in [1.165, 1.54) is 12.1 Å². The number of nitrogens with zero attached hydrogens (tertiary/aromatic N) is 3. The summed E-state index contributed by atoms with van der Waals surface area (Å²) in [7, 11) is 0. The van der Waals surface area contributed by atoms with Gasteiger partial charge in [0.1, 0.15) is 5.82 Å². The maximum Gasteiger partial charge on any atom is 0.220 e. The highest BCUT2D eigenvalue weighted by Crippen LogP contribution is 2.33. The Kier molecular flexibility index (Phi) is 3.79. The van der Waals surface area contributed by atoms with E-state index >= 15 is 0 Å². The topological polar surface area (TPSA) is 96.4 Å². The number of benzene rings is 1. The fourth-order valence-electron chi connectivity index (χ4n) is 2.60. The molecule has 1 aromatic heterocycles. The summed E-state index contributed by atoms with van der Waals surface area (Å²) in [6.45, 7) is 1.78. The van der Waals surface area contributed by atoms with Gasteiger partial charge >= 0.3 is 0 Å². The zero-order valence-electron chi connectivity index (χ0n) is 11.6. The molecule has 0 aliphatic carbocycles. The molecule has 1 atom stereocenters. The summed E-state index contributed by atoms with van der Waals surface area (Å²) in [5.74, 6) is 0.117. The van der Waals surface area contributed by atoms with Crippen molar-refractivity contribution >= 4 is 27.7 Å². The lowest BCUT2D eigenvalue weighted by molar-refractivity contribution is 0.233. The van der Waals surface area contributed by atoms with Gasteiger partial charge in [-0.05, 0) is 24.6 Å². The van der Waals surface area contributed by atoms with Crippen molar-refractivity contribution in [1.29, 1.82) is 0 Å². The van der Waals surface area contributed by atoms with Crippen LogP contribution in [0.1, 0.15) is 28.6 Å². The van der Waals surface area contributed by atoms with Crippen LogP contribution in [0.4, 0.5) is 10.3 Å². The fourth-order valence-corrected chi connectivity index (χ4v) is 3.21. The largest absolute Gasteiger partial charge is 0.368 e. The molecule has 0 saturated heterocycles. The first-order chi connectivity index (χ1) is 10.5. The van der Waals surface area contributed by atoms with Gasteiger partial charge in [-0.1, -0.05) is 22.0 Å².